The standard InChI is InChI=1S/C17H17FN4OS3/c1-11-4-5-12(9-14(11)18)20-15(23)10-25-17-22-21-16(26-17)19-7-6-13-3-2-8-24-13/h2-5,8-9H,6-7,10H2,1H3,(H,19,21)(H,20,23). The molecular weight excluding hydrogens is 391 g/mol. The average Bonchev–Trinajstić information content (AvgIpc) is 3.28. The summed E-state index contributed by atoms with van der Waals surface area (Å²) in [5.41, 5.74) is 0.997. The lowest BCUT2D eigenvalue weighted by Crippen LogP contribution is -2.14. The molecule has 0 fully saturated rings. The zero-order valence-corrected chi connectivity index (χ0v) is 16.4. The molecule has 2 N–H and O–H groups in total. The van der Waals surface area contributed by atoms with Crippen molar-refractivity contribution in [3.63, 3.8) is 0 Å². The number of nitrogens with one attached hydrogen (secondary N) is 2. The molecule has 0 aliphatic heterocycles. The first-order valence-corrected chi connectivity index (χ1v) is 10.6. The van der Waals surface area contributed by atoms with E-state index in [4.69, 9.17) is 0 Å². The highest BCUT2D eigenvalue weighted by Gasteiger charge is 2.09. The Kier molecular flexibility index (Phi) is 6.59. The molecule has 3 rings (SSSR count). The quantitative estimate of drug-likeness (QED) is 0.540. The van der Waals surface area contributed by atoms with Crippen molar-refractivity contribution < 1.29 is 9.18 Å². The molecular formula is C17H17FN4OS3. The molecule has 0 spiro atoms. The summed E-state index contributed by atoms with van der Waals surface area (Å²) < 4.78 is 14.2. The zero-order chi connectivity index (χ0) is 18.4. The Morgan fingerprint density at radius 1 is 1.31 bits per heavy atom. The van der Waals surface area contributed by atoms with Crippen molar-refractivity contribution in [3.05, 3.63) is 52.0 Å². The van der Waals surface area contributed by atoms with Gasteiger partial charge in [-0.25, -0.2) is 4.39 Å². The number of carbonyl (C=O) groups is 1. The van der Waals surface area contributed by atoms with E-state index >= 15 is 0 Å². The highest BCUT2D eigenvalue weighted by atomic mass is 32.2. The number of hydrogen-bond donors (Lipinski definition) is 2. The van der Waals surface area contributed by atoms with E-state index in [1.54, 1.807) is 30.4 Å². The van der Waals surface area contributed by atoms with Crippen LogP contribution in [0.4, 0.5) is 15.2 Å². The van der Waals surface area contributed by atoms with Gasteiger partial charge in [0.1, 0.15) is 5.82 Å². The van der Waals surface area contributed by atoms with E-state index in [2.05, 4.69) is 32.3 Å². The monoisotopic (exact) mass is 408 g/mol. The number of anilines is 2. The number of amides is 1. The van der Waals surface area contributed by atoms with Crippen LogP contribution in [0.1, 0.15) is 10.4 Å². The molecule has 0 atom stereocenters. The molecule has 5 nitrogen and oxygen atoms in total. The average molecular weight is 409 g/mol. The molecule has 0 aliphatic rings. The van der Waals surface area contributed by atoms with E-state index < -0.39 is 0 Å². The van der Waals surface area contributed by atoms with Gasteiger partial charge in [0.15, 0.2) is 4.34 Å². The first kappa shape index (κ1) is 18.8. The third-order valence-corrected chi connectivity index (χ3v) is 6.37. The molecule has 0 saturated carbocycles. The van der Waals surface area contributed by atoms with Gasteiger partial charge in [-0.15, -0.1) is 21.5 Å². The van der Waals surface area contributed by atoms with Crippen LogP contribution in [0.25, 0.3) is 0 Å². The van der Waals surface area contributed by atoms with Gasteiger partial charge in [0.2, 0.25) is 11.0 Å². The Labute approximate surface area is 163 Å². The summed E-state index contributed by atoms with van der Waals surface area (Å²) in [6.07, 6.45) is 0.940. The highest BCUT2D eigenvalue weighted by Crippen LogP contribution is 2.25. The minimum Gasteiger partial charge on any atom is -0.360 e. The van der Waals surface area contributed by atoms with Gasteiger partial charge in [-0.2, -0.15) is 0 Å². The number of carbonyl (C=O) groups excluding carboxylic acids is 1. The van der Waals surface area contributed by atoms with Crippen LogP contribution in [0.15, 0.2) is 40.1 Å². The number of aromatic nitrogens is 2. The van der Waals surface area contributed by atoms with Crippen molar-refractivity contribution in [2.75, 3.05) is 22.9 Å². The van der Waals surface area contributed by atoms with Crippen LogP contribution in [-0.2, 0) is 11.2 Å². The van der Waals surface area contributed by atoms with Crippen molar-refractivity contribution in [2.45, 2.75) is 17.7 Å². The molecule has 0 unspecified atom stereocenters. The molecule has 2 heterocycles. The zero-order valence-electron chi connectivity index (χ0n) is 14.0. The first-order valence-electron chi connectivity index (χ1n) is 7.89. The van der Waals surface area contributed by atoms with Crippen molar-refractivity contribution in [2.24, 2.45) is 0 Å². The van der Waals surface area contributed by atoms with Gasteiger partial charge in [-0.3, -0.25) is 4.79 Å². The summed E-state index contributed by atoms with van der Waals surface area (Å²) in [6, 6.07) is 8.78. The lowest BCUT2D eigenvalue weighted by Gasteiger charge is -2.05. The first-order chi connectivity index (χ1) is 12.6. The molecule has 3 aromatic rings. The minimum absolute atomic E-state index is 0.194. The predicted molar refractivity (Wildman–Crippen MR) is 107 cm³/mol. The van der Waals surface area contributed by atoms with Crippen LogP contribution in [0.2, 0.25) is 0 Å². The molecule has 2 aromatic heterocycles. The summed E-state index contributed by atoms with van der Waals surface area (Å²) >= 11 is 4.46. The Hall–Kier alpha value is -1.97. The summed E-state index contributed by atoms with van der Waals surface area (Å²) in [5, 5.41) is 16.9. The molecule has 26 heavy (non-hydrogen) atoms. The number of halogens is 1. The smallest absolute Gasteiger partial charge is 0.234 e. The van der Waals surface area contributed by atoms with Gasteiger partial charge in [-0.05, 0) is 42.5 Å². The highest BCUT2D eigenvalue weighted by molar-refractivity contribution is 8.01. The van der Waals surface area contributed by atoms with Gasteiger partial charge in [0.05, 0.1) is 5.75 Å². The van der Waals surface area contributed by atoms with Crippen molar-refractivity contribution in [3.8, 4) is 0 Å². The third kappa shape index (κ3) is 5.52. The van der Waals surface area contributed by atoms with E-state index in [0.717, 1.165) is 18.1 Å². The fourth-order valence-electron chi connectivity index (χ4n) is 2.08. The number of thioether (sulfide) groups is 1. The van der Waals surface area contributed by atoms with Crippen molar-refractivity contribution in [1.82, 2.24) is 10.2 Å². The van der Waals surface area contributed by atoms with Crippen LogP contribution < -0.4 is 10.6 Å². The van der Waals surface area contributed by atoms with E-state index in [-0.39, 0.29) is 17.5 Å². The maximum Gasteiger partial charge on any atom is 0.234 e. The molecule has 9 heteroatoms. The van der Waals surface area contributed by atoms with Crippen LogP contribution in [0.5, 0.6) is 0 Å². The second-order valence-electron chi connectivity index (χ2n) is 5.43. The molecule has 0 aliphatic carbocycles. The maximum atomic E-state index is 13.5. The Balaban J connectivity index is 1.42. The normalized spacial score (nSPS) is 10.7. The Morgan fingerprint density at radius 2 is 2.19 bits per heavy atom. The van der Waals surface area contributed by atoms with Gasteiger partial charge >= 0.3 is 0 Å². The number of nitrogens with zero attached hydrogens (tertiary/aromatic N) is 2. The number of hydrogen-bond acceptors (Lipinski definition) is 7. The maximum absolute atomic E-state index is 13.5. The molecule has 136 valence electrons. The molecule has 1 aromatic carbocycles. The van der Waals surface area contributed by atoms with E-state index in [0.29, 0.717) is 15.6 Å². The van der Waals surface area contributed by atoms with Crippen molar-refractivity contribution in [1.29, 1.82) is 0 Å². The van der Waals surface area contributed by atoms with Crippen LogP contribution in [0, 0.1) is 12.7 Å². The third-order valence-electron chi connectivity index (χ3n) is 3.42. The number of thiophene rings is 1. The van der Waals surface area contributed by atoms with E-state index in [9.17, 15) is 9.18 Å². The van der Waals surface area contributed by atoms with Gasteiger partial charge in [0, 0.05) is 17.1 Å². The lowest BCUT2D eigenvalue weighted by atomic mass is 10.2. The summed E-state index contributed by atoms with van der Waals surface area (Å²) in [6.45, 7) is 2.47. The summed E-state index contributed by atoms with van der Waals surface area (Å²) in [4.78, 5) is 13.3. The lowest BCUT2D eigenvalue weighted by molar-refractivity contribution is -0.113. The Morgan fingerprint density at radius 3 is 2.96 bits per heavy atom. The molecule has 1 amide bonds. The van der Waals surface area contributed by atoms with Crippen LogP contribution >= 0.6 is 34.4 Å². The van der Waals surface area contributed by atoms with Crippen LogP contribution in [0.3, 0.4) is 0 Å². The van der Waals surface area contributed by atoms with Gasteiger partial charge in [0.25, 0.3) is 0 Å². The molecule has 0 saturated heterocycles. The van der Waals surface area contributed by atoms with E-state index in [1.807, 2.05) is 6.07 Å². The fraction of sp³-hybridized carbons (Fsp3) is 0.235. The number of rotatable bonds is 8. The van der Waals surface area contributed by atoms with Gasteiger partial charge in [-0.1, -0.05) is 35.2 Å². The second-order valence-corrected chi connectivity index (χ2v) is 8.66. The number of benzene rings is 1. The topological polar surface area (TPSA) is 66.9 Å². The van der Waals surface area contributed by atoms with Crippen molar-refractivity contribution >= 4 is 51.2 Å². The summed E-state index contributed by atoms with van der Waals surface area (Å²) in [7, 11) is 0. The van der Waals surface area contributed by atoms with Gasteiger partial charge < -0.3 is 10.6 Å². The summed E-state index contributed by atoms with van der Waals surface area (Å²) in [5.74, 6) is -0.349. The SMILES string of the molecule is Cc1ccc(NC(=O)CSc2nnc(NCCc3cccs3)s2)cc1F. The minimum atomic E-state index is -0.335. The Bertz CT molecular complexity index is 867. The molecule has 0 bridgehead atoms. The number of aryl methyl sites for hydroxylation is 1. The second kappa shape index (κ2) is 9.11. The fourth-order valence-corrected chi connectivity index (χ4v) is 4.37. The van der Waals surface area contributed by atoms with E-state index in [1.165, 1.54) is 34.0 Å². The predicted octanol–water partition coefficient (Wildman–Crippen LogP) is 4.43. The van der Waals surface area contributed by atoms with Crippen LogP contribution in [-0.4, -0.2) is 28.4 Å². The molecule has 0 radical (unpaired) electrons. The largest absolute Gasteiger partial charge is 0.360 e.